The second-order valence-electron chi connectivity index (χ2n) is 10.1. The van der Waals surface area contributed by atoms with Gasteiger partial charge in [0.05, 0.1) is 11.8 Å². The van der Waals surface area contributed by atoms with Crippen molar-refractivity contribution in [2.75, 3.05) is 12.8 Å². The molecule has 2 atom stereocenters. The van der Waals surface area contributed by atoms with E-state index in [1.807, 2.05) is 19.1 Å². The van der Waals surface area contributed by atoms with Gasteiger partial charge in [-0.3, -0.25) is 9.69 Å². The lowest BCUT2D eigenvalue weighted by molar-refractivity contribution is -0.216. The van der Waals surface area contributed by atoms with Gasteiger partial charge in [0.15, 0.2) is 0 Å². The first kappa shape index (κ1) is 31.3. The molecule has 1 saturated carbocycles. The number of nitrogens with zero attached hydrogens (tertiary/aromatic N) is 2. The lowest BCUT2D eigenvalue weighted by Crippen LogP contribution is -2.48. The van der Waals surface area contributed by atoms with E-state index in [4.69, 9.17) is 27.9 Å². The van der Waals surface area contributed by atoms with Crippen LogP contribution in [0, 0.1) is 5.82 Å². The summed E-state index contributed by atoms with van der Waals surface area (Å²) in [6, 6.07) is 7.37. The molecule has 2 aliphatic rings. The Hall–Kier alpha value is -2.61. The maximum atomic E-state index is 15.4. The van der Waals surface area contributed by atoms with Crippen LogP contribution in [-0.2, 0) is 26.2 Å². The molecule has 8 nitrogen and oxygen atoms in total. The van der Waals surface area contributed by atoms with E-state index in [2.05, 4.69) is 9.74 Å². The van der Waals surface area contributed by atoms with Crippen LogP contribution < -0.4 is 4.74 Å². The van der Waals surface area contributed by atoms with Gasteiger partial charge in [-0.15, -0.1) is 0 Å². The molecule has 2 aromatic rings. The number of carbonyl (C=O) groups is 2. The molecule has 0 spiro atoms. The molecule has 4 rings (SSSR count). The summed E-state index contributed by atoms with van der Waals surface area (Å²) in [5.41, 5.74) is 0.147. The molecule has 0 bridgehead atoms. The van der Waals surface area contributed by atoms with Crippen LogP contribution in [0.2, 0.25) is 10.0 Å². The van der Waals surface area contributed by atoms with Crippen molar-refractivity contribution in [3.05, 3.63) is 62.9 Å². The molecule has 1 aliphatic heterocycles. The number of hydrogen-bond acceptors (Lipinski definition) is 7. The number of carbonyl (C=O) groups excluding carboxylic acids is 2. The summed E-state index contributed by atoms with van der Waals surface area (Å²) in [4.78, 5) is 30.4. The number of halogens is 6. The van der Waals surface area contributed by atoms with Crippen LogP contribution in [0.5, 0.6) is 5.75 Å². The zero-order chi connectivity index (χ0) is 30.3. The molecule has 1 aliphatic carbocycles. The summed E-state index contributed by atoms with van der Waals surface area (Å²) >= 11 is 12.3. The van der Waals surface area contributed by atoms with Gasteiger partial charge in [-0.25, -0.2) is 17.6 Å². The lowest BCUT2D eigenvalue weighted by atomic mass is 9.98. The Kier molecular flexibility index (Phi) is 9.13. The first-order chi connectivity index (χ1) is 19.0. The number of hydrogen-bond donors (Lipinski definition) is 0. The standard InChI is InChI=1S/C26H26Cl2F4N2O6S/c1-14-22(4-3-7-33(14)13-15-8-17(27)10-18(28)9-15)39-19-11-20(16-5-6-16)23(21(29)12-19)24(35)34(41(2,37)38)40-25(36)26(30,31)32/h8-12,14,16,22H,3-7,13H2,1-2H3/t14-,22+/m0/s1. The molecular formula is C26H26Cl2F4N2O6S. The Morgan fingerprint density at radius 2 is 1.71 bits per heavy atom. The van der Waals surface area contributed by atoms with Gasteiger partial charge in [-0.1, -0.05) is 27.7 Å². The fourth-order valence-corrected chi connectivity index (χ4v) is 5.92. The molecule has 0 aromatic heterocycles. The van der Waals surface area contributed by atoms with Gasteiger partial charge in [-0.05, 0) is 80.5 Å². The number of ether oxygens (including phenoxy) is 1. The van der Waals surface area contributed by atoms with Crippen molar-refractivity contribution in [3.63, 3.8) is 0 Å². The average Bonchev–Trinajstić information content (AvgIpc) is 3.68. The molecule has 1 heterocycles. The number of likely N-dealkylation sites (tertiary alicyclic amines) is 1. The minimum atomic E-state index is -5.59. The van der Waals surface area contributed by atoms with Gasteiger partial charge >= 0.3 is 18.1 Å². The Morgan fingerprint density at radius 1 is 1.07 bits per heavy atom. The SMILES string of the molecule is C[C@H]1[C@H](Oc2cc(F)c(C(=O)N(OC(=O)C(F)(F)F)S(C)(=O)=O)c(C3CC3)c2)CCCN1Cc1cc(Cl)cc(Cl)c1. The summed E-state index contributed by atoms with van der Waals surface area (Å²) in [5.74, 6) is -6.21. The van der Waals surface area contributed by atoms with E-state index in [0.717, 1.165) is 24.6 Å². The second-order valence-corrected chi connectivity index (χ2v) is 12.8. The maximum absolute atomic E-state index is 15.4. The number of hydroxylamine groups is 1. The van der Waals surface area contributed by atoms with Crippen LogP contribution in [-0.4, -0.2) is 60.8 Å². The molecule has 0 radical (unpaired) electrons. The third-order valence-electron chi connectivity index (χ3n) is 6.83. The van der Waals surface area contributed by atoms with E-state index in [-0.39, 0.29) is 29.4 Å². The fraction of sp³-hybridized carbons (Fsp3) is 0.462. The highest BCUT2D eigenvalue weighted by Gasteiger charge is 2.46. The molecule has 224 valence electrons. The van der Waals surface area contributed by atoms with Crippen LogP contribution in [0.3, 0.4) is 0 Å². The average molecular weight is 641 g/mol. The minimum Gasteiger partial charge on any atom is -0.489 e. The monoisotopic (exact) mass is 640 g/mol. The molecular weight excluding hydrogens is 615 g/mol. The zero-order valence-corrected chi connectivity index (χ0v) is 24.2. The summed E-state index contributed by atoms with van der Waals surface area (Å²) in [6.07, 6.45) is -3.15. The van der Waals surface area contributed by atoms with Crippen LogP contribution >= 0.6 is 23.2 Å². The largest absolute Gasteiger partial charge is 0.493 e. The quantitative estimate of drug-likeness (QED) is 0.276. The predicted molar refractivity (Wildman–Crippen MR) is 142 cm³/mol. The zero-order valence-electron chi connectivity index (χ0n) is 21.9. The summed E-state index contributed by atoms with van der Waals surface area (Å²) in [6.45, 7) is 3.25. The summed E-state index contributed by atoms with van der Waals surface area (Å²) < 4.78 is 83.2. The van der Waals surface area contributed by atoms with Crippen LogP contribution in [0.4, 0.5) is 17.6 Å². The van der Waals surface area contributed by atoms with E-state index in [1.54, 1.807) is 6.07 Å². The van der Waals surface area contributed by atoms with Gasteiger partial charge in [0.25, 0.3) is 10.0 Å². The van der Waals surface area contributed by atoms with E-state index in [0.29, 0.717) is 42.1 Å². The van der Waals surface area contributed by atoms with E-state index in [9.17, 15) is 31.2 Å². The minimum absolute atomic E-state index is 0.0515. The van der Waals surface area contributed by atoms with Crippen LogP contribution in [0.25, 0.3) is 0 Å². The number of rotatable bonds is 7. The van der Waals surface area contributed by atoms with Crippen molar-refractivity contribution in [3.8, 4) is 5.75 Å². The molecule has 2 aromatic carbocycles. The third kappa shape index (κ3) is 7.62. The van der Waals surface area contributed by atoms with Crippen molar-refractivity contribution in [2.24, 2.45) is 0 Å². The van der Waals surface area contributed by atoms with Crippen molar-refractivity contribution in [1.82, 2.24) is 9.37 Å². The number of sulfonamides is 1. The Bertz CT molecular complexity index is 1430. The first-order valence-corrected chi connectivity index (χ1v) is 15.2. The Morgan fingerprint density at radius 3 is 2.27 bits per heavy atom. The molecule has 0 unspecified atom stereocenters. The number of amides is 1. The van der Waals surface area contributed by atoms with E-state index < -0.39 is 43.9 Å². The van der Waals surface area contributed by atoms with Crippen molar-refractivity contribution >= 4 is 45.1 Å². The maximum Gasteiger partial charge on any atom is 0.493 e. The topological polar surface area (TPSA) is 93.2 Å². The van der Waals surface area contributed by atoms with Gasteiger partial charge in [0.1, 0.15) is 17.7 Å². The highest BCUT2D eigenvalue weighted by Crippen LogP contribution is 2.44. The number of benzene rings is 2. The Labute approximate surface area is 244 Å². The van der Waals surface area contributed by atoms with Crippen molar-refractivity contribution < 1.29 is 45.1 Å². The number of piperidine rings is 1. The third-order valence-corrected chi connectivity index (χ3v) is 8.11. The Balaban J connectivity index is 1.58. The van der Waals surface area contributed by atoms with Crippen LogP contribution in [0.15, 0.2) is 30.3 Å². The summed E-state index contributed by atoms with van der Waals surface area (Å²) in [5, 5.41) is 1.01. The molecule has 0 N–H and O–H groups in total. The van der Waals surface area contributed by atoms with Gasteiger partial charge in [0, 0.05) is 28.7 Å². The van der Waals surface area contributed by atoms with Gasteiger partial charge in [-0.2, -0.15) is 13.2 Å². The molecule has 41 heavy (non-hydrogen) atoms. The van der Waals surface area contributed by atoms with Crippen LogP contribution in [0.1, 0.15) is 60.0 Å². The second kappa shape index (κ2) is 11.9. The predicted octanol–water partition coefficient (Wildman–Crippen LogP) is 5.86. The highest BCUT2D eigenvalue weighted by molar-refractivity contribution is 7.88. The smallest absolute Gasteiger partial charge is 0.489 e. The molecule has 2 fully saturated rings. The van der Waals surface area contributed by atoms with Crippen molar-refractivity contribution in [2.45, 2.75) is 63.4 Å². The van der Waals surface area contributed by atoms with E-state index in [1.165, 1.54) is 6.07 Å². The first-order valence-electron chi connectivity index (χ1n) is 12.6. The number of alkyl halides is 3. The molecule has 1 amide bonds. The molecule has 1 saturated heterocycles. The lowest BCUT2D eigenvalue weighted by Gasteiger charge is -2.39. The normalized spacial score (nSPS) is 20.0. The molecule has 15 heteroatoms. The van der Waals surface area contributed by atoms with Gasteiger partial charge in [0.2, 0.25) is 0 Å². The fourth-order valence-electron chi connectivity index (χ4n) is 4.76. The van der Waals surface area contributed by atoms with Crippen molar-refractivity contribution in [1.29, 1.82) is 0 Å². The van der Waals surface area contributed by atoms with E-state index >= 15 is 4.39 Å². The van der Waals surface area contributed by atoms with Gasteiger partial charge < -0.3 is 9.57 Å². The summed E-state index contributed by atoms with van der Waals surface area (Å²) in [7, 11) is -4.86. The highest BCUT2D eigenvalue weighted by atomic mass is 35.5.